The Morgan fingerprint density at radius 1 is 1.29 bits per heavy atom. The van der Waals surface area contributed by atoms with Gasteiger partial charge in [0, 0.05) is 10.4 Å². The molecule has 2 aromatic rings. The van der Waals surface area contributed by atoms with Gasteiger partial charge in [-0.25, -0.2) is 4.79 Å². The minimum atomic E-state index is -0.545. The van der Waals surface area contributed by atoms with Crippen molar-refractivity contribution in [2.75, 3.05) is 0 Å². The van der Waals surface area contributed by atoms with Gasteiger partial charge in [0.2, 0.25) is 0 Å². The van der Waals surface area contributed by atoms with Gasteiger partial charge in [-0.2, -0.15) is 0 Å². The molecule has 1 aliphatic rings. The number of amides is 1. The second-order valence-electron chi connectivity index (χ2n) is 4.92. The summed E-state index contributed by atoms with van der Waals surface area (Å²) >= 11 is 1.59. The fraction of sp³-hybridized carbons (Fsp3) is 0.250. The topological polar surface area (TPSA) is 55.4 Å². The summed E-state index contributed by atoms with van der Waals surface area (Å²) in [7, 11) is 0. The number of aryl methyl sites for hydroxylation is 1. The number of carbonyl (C=O) groups excluding carboxylic acids is 2. The summed E-state index contributed by atoms with van der Waals surface area (Å²) in [6.45, 7) is 0.206. The molecule has 3 rings (SSSR count). The van der Waals surface area contributed by atoms with E-state index in [1.54, 1.807) is 11.3 Å². The predicted octanol–water partition coefficient (Wildman–Crippen LogP) is 3.17. The first-order chi connectivity index (χ1) is 10.2. The summed E-state index contributed by atoms with van der Waals surface area (Å²) < 4.78 is 5.15. The first-order valence-corrected chi connectivity index (χ1v) is 7.70. The van der Waals surface area contributed by atoms with Gasteiger partial charge in [0.1, 0.15) is 6.61 Å². The third kappa shape index (κ3) is 3.13. The smallest absolute Gasteiger partial charge is 0.408 e. The molecule has 1 aliphatic carbocycles. The predicted molar refractivity (Wildman–Crippen MR) is 80.5 cm³/mol. The molecule has 0 radical (unpaired) electrons. The molecular formula is C16H15NO3S. The minimum Gasteiger partial charge on any atom is -0.445 e. The van der Waals surface area contributed by atoms with Crippen molar-refractivity contribution < 1.29 is 14.3 Å². The van der Waals surface area contributed by atoms with E-state index < -0.39 is 12.1 Å². The minimum absolute atomic E-state index is 0.0193. The molecule has 108 valence electrons. The van der Waals surface area contributed by atoms with Gasteiger partial charge in [0.25, 0.3) is 0 Å². The number of hydrogen-bond donors (Lipinski definition) is 1. The van der Waals surface area contributed by atoms with Crippen molar-refractivity contribution in [2.24, 2.45) is 0 Å². The van der Waals surface area contributed by atoms with Crippen LogP contribution in [0.5, 0.6) is 0 Å². The van der Waals surface area contributed by atoms with Crippen LogP contribution in [0.3, 0.4) is 0 Å². The quantitative estimate of drug-likeness (QED) is 0.947. The Bertz CT molecular complexity index is 651. The maximum absolute atomic E-state index is 12.2. The van der Waals surface area contributed by atoms with E-state index in [0.717, 1.165) is 22.4 Å². The van der Waals surface area contributed by atoms with Crippen LogP contribution in [0.1, 0.15) is 27.2 Å². The van der Waals surface area contributed by atoms with E-state index in [4.69, 9.17) is 4.74 Å². The monoisotopic (exact) mass is 301 g/mol. The Morgan fingerprint density at radius 3 is 2.90 bits per heavy atom. The molecule has 1 amide bonds. The summed E-state index contributed by atoms with van der Waals surface area (Å²) in [6.07, 6.45) is 0.908. The molecule has 0 fully saturated rings. The average Bonchev–Trinajstić information content (AvgIpc) is 2.98. The van der Waals surface area contributed by atoms with Crippen LogP contribution < -0.4 is 5.32 Å². The number of ketones is 1. The van der Waals surface area contributed by atoms with Crippen LogP contribution in [0.15, 0.2) is 41.8 Å². The fourth-order valence-electron chi connectivity index (χ4n) is 2.39. The van der Waals surface area contributed by atoms with Gasteiger partial charge in [0.05, 0.1) is 6.04 Å². The number of hydrogen-bond acceptors (Lipinski definition) is 4. The van der Waals surface area contributed by atoms with Gasteiger partial charge in [-0.1, -0.05) is 30.3 Å². The lowest BCUT2D eigenvalue weighted by atomic mass is 9.93. The van der Waals surface area contributed by atoms with E-state index in [0.29, 0.717) is 6.42 Å². The van der Waals surface area contributed by atoms with Crippen LogP contribution in [0.25, 0.3) is 0 Å². The Hall–Kier alpha value is -2.14. The van der Waals surface area contributed by atoms with E-state index in [2.05, 4.69) is 5.32 Å². The number of Topliss-reactive ketones (excluding diaryl/α,β-unsaturated/α-hetero) is 1. The van der Waals surface area contributed by atoms with Crippen molar-refractivity contribution in [3.8, 4) is 0 Å². The normalized spacial score (nSPS) is 17.1. The Morgan fingerprint density at radius 2 is 2.10 bits per heavy atom. The van der Waals surface area contributed by atoms with Crippen LogP contribution in [-0.4, -0.2) is 17.9 Å². The Balaban J connectivity index is 1.55. The third-order valence-corrected chi connectivity index (χ3v) is 4.47. The van der Waals surface area contributed by atoms with Crippen LogP contribution >= 0.6 is 11.3 Å². The standard InChI is InChI=1S/C16H15NO3S/c18-15-12-8-9-21-14(12)7-6-13(15)17-16(19)20-10-11-4-2-1-3-5-11/h1-5,8-9,13H,6-7,10H2,(H,17,19). The SMILES string of the molecule is O=C(NC1CCc2sccc2C1=O)OCc1ccccc1. The molecule has 0 spiro atoms. The van der Waals surface area contributed by atoms with Crippen molar-refractivity contribution in [2.45, 2.75) is 25.5 Å². The molecule has 1 N–H and O–H groups in total. The van der Waals surface area contributed by atoms with Gasteiger partial charge in [-0.3, -0.25) is 4.79 Å². The molecule has 0 saturated heterocycles. The number of alkyl carbamates (subject to hydrolysis) is 1. The van der Waals surface area contributed by atoms with Gasteiger partial charge < -0.3 is 10.1 Å². The molecule has 1 atom stereocenters. The van der Waals surface area contributed by atoms with E-state index in [1.165, 1.54) is 0 Å². The molecule has 0 bridgehead atoms. The van der Waals surface area contributed by atoms with Crippen LogP contribution in [-0.2, 0) is 17.8 Å². The zero-order valence-electron chi connectivity index (χ0n) is 11.4. The first-order valence-electron chi connectivity index (χ1n) is 6.82. The van der Waals surface area contributed by atoms with Crippen molar-refractivity contribution in [1.29, 1.82) is 0 Å². The highest BCUT2D eigenvalue weighted by atomic mass is 32.1. The lowest BCUT2D eigenvalue weighted by molar-refractivity contribution is 0.0902. The van der Waals surface area contributed by atoms with E-state index in [-0.39, 0.29) is 12.4 Å². The highest BCUT2D eigenvalue weighted by molar-refractivity contribution is 7.10. The molecule has 21 heavy (non-hydrogen) atoms. The van der Waals surface area contributed by atoms with Crippen molar-refractivity contribution in [3.63, 3.8) is 0 Å². The van der Waals surface area contributed by atoms with Crippen LogP contribution in [0.4, 0.5) is 4.79 Å². The maximum Gasteiger partial charge on any atom is 0.408 e. The largest absolute Gasteiger partial charge is 0.445 e. The molecule has 1 aromatic carbocycles. The van der Waals surface area contributed by atoms with E-state index in [9.17, 15) is 9.59 Å². The zero-order chi connectivity index (χ0) is 14.7. The molecule has 5 heteroatoms. The highest BCUT2D eigenvalue weighted by Crippen LogP contribution is 2.26. The van der Waals surface area contributed by atoms with Crippen LogP contribution in [0, 0.1) is 0 Å². The first kappa shape index (κ1) is 13.8. The Labute approximate surface area is 126 Å². The van der Waals surface area contributed by atoms with Crippen molar-refractivity contribution >= 4 is 23.2 Å². The summed E-state index contributed by atoms with van der Waals surface area (Å²) in [6, 6.07) is 10.8. The maximum atomic E-state index is 12.2. The van der Waals surface area contributed by atoms with Gasteiger partial charge in [-0.15, -0.1) is 11.3 Å². The number of carbonyl (C=O) groups is 2. The number of rotatable bonds is 3. The number of fused-ring (bicyclic) bond motifs is 1. The molecular weight excluding hydrogens is 286 g/mol. The number of thiophene rings is 1. The lowest BCUT2D eigenvalue weighted by Gasteiger charge is -2.21. The second-order valence-corrected chi connectivity index (χ2v) is 5.92. The summed E-state index contributed by atoms with van der Waals surface area (Å²) in [4.78, 5) is 25.1. The van der Waals surface area contributed by atoms with Gasteiger partial charge in [-0.05, 0) is 29.9 Å². The van der Waals surface area contributed by atoms with E-state index >= 15 is 0 Å². The van der Waals surface area contributed by atoms with Gasteiger partial charge >= 0.3 is 6.09 Å². The Kier molecular flexibility index (Phi) is 4.01. The molecule has 1 unspecified atom stereocenters. The molecule has 1 heterocycles. The molecule has 0 aliphatic heterocycles. The lowest BCUT2D eigenvalue weighted by Crippen LogP contribution is -2.43. The van der Waals surface area contributed by atoms with Crippen molar-refractivity contribution in [3.05, 3.63) is 57.8 Å². The van der Waals surface area contributed by atoms with Crippen molar-refractivity contribution in [1.82, 2.24) is 5.32 Å². The average molecular weight is 301 g/mol. The fourth-order valence-corrected chi connectivity index (χ4v) is 3.29. The molecule has 0 saturated carbocycles. The summed E-state index contributed by atoms with van der Waals surface area (Å²) in [5.41, 5.74) is 1.65. The highest BCUT2D eigenvalue weighted by Gasteiger charge is 2.29. The number of ether oxygens (including phenoxy) is 1. The van der Waals surface area contributed by atoms with E-state index in [1.807, 2.05) is 41.8 Å². The van der Waals surface area contributed by atoms with Crippen LogP contribution in [0.2, 0.25) is 0 Å². The second kappa shape index (κ2) is 6.10. The number of nitrogens with one attached hydrogen (secondary N) is 1. The zero-order valence-corrected chi connectivity index (χ0v) is 12.2. The molecule has 4 nitrogen and oxygen atoms in total. The summed E-state index contributed by atoms with van der Waals surface area (Å²) in [5, 5.41) is 4.58. The molecule has 1 aromatic heterocycles. The summed E-state index contributed by atoms with van der Waals surface area (Å²) in [5.74, 6) is -0.0193. The van der Waals surface area contributed by atoms with Gasteiger partial charge in [0.15, 0.2) is 5.78 Å². The third-order valence-electron chi connectivity index (χ3n) is 3.49. The number of benzene rings is 1.